The van der Waals surface area contributed by atoms with E-state index in [0.717, 1.165) is 17.0 Å². The first-order valence-corrected chi connectivity index (χ1v) is 6.80. The molecule has 0 aliphatic rings. The van der Waals surface area contributed by atoms with Gasteiger partial charge in [-0.15, -0.1) is 0 Å². The van der Waals surface area contributed by atoms with Crippen molar-refractivity contribution in [1.82, 2.24) is 9.55 Å². The van der Waals surface area contributed by atoms with Gasteiger partial charge in [0, 0.05) is 24.4 Å². The lowest BCUT2D eigenvalue weighted by atomic mass is 10.2. The molecule has 0 unspecified atom stereocenters. The Labute approximate surface area is 123 Å². The van der Waals surface area contributed by atoms with Crippen LogP contribution in [0.5, 0.6) is 0 Å². The van der Waals surface area contributed by atoms with E-state index in [9.17, 15) is 9.59 Å². The van der Waals surface area contributed by atoms with Crippen LogP contribution in [-0.4, -0.2) is 15.5 Å². The summed E-state index contributed by atoms with van der Waals surface area (Å²) >= 11 is 0. The zero-order valence-corrected chi connectivity index (χ0v) is 12.5. The first-order valence-electron chi connectivity index (χ1n) is 6.80. The normalized spacial score (nSPS) is 10.6. The number of H-pyrrole nitrogens is 1. The highest BCUT2D eigenvalue weighted by atomic mass is 16.2. The molecule has 2 aromatic rings. The number of aromatic amines is 1. The lowest BCUT2D eigenvalue weighted by Gasteiger charge is -2.09. The van der Waals surface area contributed by atoms with Crippen LogP contribution in [0.3, 0.4) is 0 Å². The number of aromatic nitrogens is 2. The number of aryl methyl sites for hydroxylation is 2. The van der Waals surface area contributed by atoms with Crippen molar-refractivity contribution in [3.8, 4) is 0 Å². The number of nitrogens with zero attached hydrogens (tertiary/aromatic N) is 1. The predicted molar refractivity (Wildman–Crippen MR) is 83.4 cm³/mol. The van der Waals surface area contributed by atoms with Gasteiger partial charge in [0.1, 0.15) is 0 Å². The quantitative estimate of drug-likeness (QED) is 0.748. The van der Waals surface area contributed by atoms with Gasteiger partial charge < -0.3 is 16.0 Å². The van der Waals surface area contributed by atoms with Crippen LogP contribution in [0.1, 0.15) is 23.4 Å². The lowest BCUT2D eigenvalue weighted by molar-refractivity contribution is -0.116. The van der Waals surface area contributed by atoms with Crippen molar-refractivity contribution < 1.29 is 4.79 Å². The first kappa shape index (κ1) is 14.9. The van der Waals surface area contributed by atoms with Crippen LogP contribution < -0.4 is 16.7 Å². The van der Waals surface area contributed by atoms with Gasteiger partial charge in [0.2, 0.25) is 5.91 Å². The topological polar surface area (TPSA) is 92.9 Å². The van der Waals surface area contributed by atoms with E-state index >= 15 is 0 Å². The molecule has 1 heterocycles. The summed E-state index contributed by atoms with van der Waals surface area (Å²) in [4.78, 5) is 26.4. The molecule has 2 rings (SSSR count). The number of carbonyl (C=O) groups is 1. The van der Waals surface area contributed by atoms with Crippen LogP contribution >= 0.6 is 0 Å². The summed E-state index contributed by atoms with van der Waals surface area (Å²) in [5, 5.41) is 2.78. The van der Waals surface area contributed by atoms with Gasteiger partial charge in [-0.05, 0) is 38.5 Å². The average Bonchev–Trinajstić information content (AvgIpc) is 2.66. The molecule has 1 amide bonds. The molecule has 0 bridgehead atoms. The Morgan fingerprint density at radius 3 is 2.67 bits per heavy atom. The third kappa shape index (κ3) is 3.34. The van der Waals surface area contributed by atoms with Gasteiger partial charge in [-0.2, -0.15) is 0 Å². The third-order valence-electron chi connectivity index (χ3n) is 3.53. The molecule has 0 radical (unpaired) electrons. The number of nitrogens with one attached hydrogen (secondary N) is 2. The number of benzene rings is 1. The van der Waals surface area contributed by atoms with Crippen molar-refractivity contribution in [3.63, 3.8) is 0 Å². The molecule has 4 N–H and O–H groups in total. The summed E-state index contributed by atoms with van der Waals surface area (Å²) in [5.41, 5.74) is 9.46. The highest BCUT2D eigenvalue weighted by molar-refractivity contribution is 5.93. The molecule has 0 atom stereocenters. The Kier molecular flexibility index (Phi) is 4.16. The fraction of sp³-hybridized carbons (Fsp3) is 0.333. The second-order valence-electron chi connectivity index (χ2n) is 5.18. The lowest BCUT2D eigenvalue weighted by Crippen LogP contribution is -2.22. The fourth-order valence-electron chi connectivity index (χ4n) is 2.15. The molecule has 0 aliphatic carbocycles. The van der Waals surface area contributed by atoms with E-state index in [1.807, 2.05) is 32.9 Å². The number of carbonyl (C=O) groups excluding carboxylic acids is 1. The largest absolute Gasteiger partial charge is 0.397 e. The molecule has 0 saturated carbocycles. The Morgan fingerprint density at radius 1 is 1.33 bits per heavy atom. The minimum atomic E-state index is -0.187. The van der Waals surface area contributed by atoms with Crippen LogP contribution in [0.4, 0.5) is 11.4 Å². The maximum absolute atomic E-state index is 12.0. The Hall–Kier alpha value is -2.50. The van der Waals surface area contributed by atoms with Crippen LogP contribution in [0.2, 0.25) is 0 Å². The maximum atomic E-state index is 12.0. The van der Waals surface area contributed by atoms with E-state index in [0.29, 0.717) is 17.9 Å². The molecule has 6 heteroatoms. The number of nitrogen functional groups attached to an aromatic ring is 1. The Balaban J connectivity index is 2.02. The fourth-order valence-corrected chi connectivity index (χ4v) is 2.15. The van der Waals surface area contributed by atoms with E-state index in [2.05, 4.69) is 10.3 Å². The standard InChI is InChI=1S/C15H20N4O2/c1-9-4-5-12(16)13(8-9)18-14(20)6-7-19-11(3)10(2)17-15(19)21/h4-5,8H,6-7,16H2,1-3H3,(H,17,21)(H,18,20). The SMILES string of the molecule is Cc1ccc(N)c(NC(=O)CCn2c(C)c(C)[nH]c2=O)c1. The summed E-state index contributed by atoms with van der Waals surface area (Å²) in [6.45, 7) is 5.96. The molecule has 6 nitrogen and oxygen atoms in total. The second kappa shape index (κ2) is 5.87. The number of amides is 1. The van der Waals surface area contributed by atoms with Crippen molar-refractivity contribution in [2.45, 2.75) is 33.7 Å². The van der Waals surface area contributed by atoms with Gasteiger partial charge in [-0.1, -0.05) is 6.07 Å². The highest BCUT2D eigenvalue weighted by Gasteiger charge is 2.10. The second-order valence-corrected chi connectivity index (χ2v) is 5.18. The number of rotatable bonds is 4. The minimum absolute atomic E-state index is 0.169. The number of hydrogen-bond donors (Lipinski definition) is 3. The summed E-state index contributed by atoms with van der Waals surface area (Å²) in [5.74, 6) is -0.169. The van der Waals surface area contributed by atoms with E-state index in [-0.39, 0.29) is 18.0 Å². The monoisotopic (exact) mass is 288 g/mol. The van der Waals surface area contributed by atoms with Crippen molar-refractivity contribution in [3.05, 3.63) is 45.6 Å². The van der Waals surface area contributed by atoms with Crippen LogP contribution in [-0.2, 0) is 11.3 Å². The summed E-state index contributed by atoms with van der Waals surface area (Å²) in [6, 6.07) is 5.47. The summed E-state index contributed by atoms with van der Waals surface area (Å²) in [7, 11) is 0. The van der Waals surface area contributed by atoms with Gasteiger partial charge >= 0.3 is 5.69 Å². The van der Waals surface area contributed by atoms with Gasteiger partial charge in [-0.25, -0.2) is 4.79 Å². The number of nitrogens with two attached hydrogens (primary N) is 1. The van der Waals surface area contributed by atoms with Crippen molar-refractivity contribution in [2.24, 2.45) is 0 Å². The smallest absolute Gasteiger partial charge is 0.325 e. The molecule has 21 heavy (non-hydrogen) atoms. The Bertz CT molecular complexity index is 728. The average molecular weight is 288 g/mol. The van der Waals surface area contributed by atoms with Gasteiger partial charge in [0.05, 0.1) is 11.4 Å². The summed E-state index contributed by atoms with van der Waals surface area (Å²) < 4.78 is 1.56. The van der Waals surface area contributed by atoms with E-state index in [4.69, 9.17) is 5.73 Å². The van der Waals surface area contributed by atoms with Crippen molar-refractivity contribution in [1.29, 1.82) is 0 Å². The Morgan fingerprint density at radius 2 is 2.05 bits per heavy atom. The maximum Gasteiger partial charge on any atom is 0.325 e. The highest BCUT2D eigenvalue weighted by Crippen LogP contribution is 2.19. The molecule has 1 aromatic heterocycles. The van der Waals surface area contributed by atoms with Gasteiger partial charge in [0.25, 0.3) is 0 Å². The van der Waals surface area contributed by atoms with E-state index in [1.54, 1.807) is 10.6 Å². The molecule has 0 aliphatic heterocycles. The minimum Gasteiger partial charge on any atom is -0.397 e. The van der Waals surface area contributed by atoms with Crippen LogP contribution in [0.15, 0.2) is 23.0 Å². The zero-order chi connectivity index (χ0) is 15.6. The van der Waals surface area contributed by atoms with E-state index < -0.39 is 0 Å². The number of hydrogen-bond acceptors (Lipinski definition) is 3. The number of imidazole rings is 1. The summed E-state index contributed by atoms with van der Waals surface area (Å²) in [6.07, 6.45) is 0.214. The predicted octanol–water partition coefficient (Wildman–Crippen LogP) is 1.71. The van der Waals surface area contributed by atoms with Gasteiger partial charge in [0.15, 0.2) is 0 Å². The van der Waals surface area contributed by atoms with Crippen molar-refractivity contribution >= 4 is 17.3 Å². The molecular weight excluding hydrogens is 268 g/mol. The molecule has 0 spiro atoms. The zero-order valence-electron chi connectivity index (χ0n) is 12.5. The van der Waals surface area contributed by atoms with Gasteiger partial charge in [-0.3, -0.25) is 9.36 Å². The van der Waals surface area contributed by atoms with Crippen LogP contribution in [0, 0.1) is 20.8 Å². The first-order chi connectivity index (χ1) is 9.88. The molecule has 1 aromatic carbocycles. The van der Waals surface area contributed by atoms with E-state index in [1.165, 1.54) is 0 Å². The molecule has 112 valence electrons. The van der Waals surface area contributed by atoms with Crippen LogP contribution in [0.25, 0.3) is 0 Å². The number of anilines is 2. The third-order valence-corrected chi connectivity index (χ3v) is 3.53. The molecule has 0 saturated heterocycles. The molecule has 0 fully saturated rings. The molecular formula is C15H20N4O2. The van der Waals surface area contributed by atoms with Crippen molar-refractivity contribution in [2.75, 3.05) is 11.1 Å².